The topological polar surface area (TPSA) is 0 Å². The van der Waals surface area contributed by atoms with Crippen LogP contribution < -0.4 is 0 Å². The largest absolute Gasteiger partial charge is 0.0622 e. The van der Waals surface area contributed by atoms with Gasteiger partial charge in [0.1, 0.15) is 0 Å². The van der Waals surface area contributed by atoms with Crippen molar-refractivity contribution in [3.63, 3.8) is 0 Å². The molecule has 0 radical (unpaired) electrons. The van der Waals surface area contributed by atoms with Gasteiger partial charge >= 0.3 is 0 Å². The van der Waals surface area contributed by atoms with E-state index in [1.807, 2.05) is 0 Å². The monoisotopic (exact) mass is 362 g/mol. The van der Waals surface area contributed by atoms with Gasteiger partial charge in [-0.2, -0.15) is 0 Å². The number of aryl methyl sites for hydroxylation is 1. The normalized spacial score (nSPS) is 11.9. The molecule has 0 fully saturated rings. The van der Waals surface area contributed by atoms with E-state index in [1.54, 1.807) is 0 Å². The van der Waals surface area contributed by atoms with E-state index in [4.69, 9.17) is 0 Å². The Bertz CT molecular complexity index is 1030. The lowest BCUT2D eigenvalue weighted by molar-refractivity contribution is 0.760. The Kier molecular flexibility index (Phi) is 5.39. The molecule has 0 saturated carbocycles. The van der Waals surface area contributed by atoms with Crippen molar-refractivity contribution in [1.82, 2.24) is 0 Å². The van der Waals surface area contributed by atoms with E-state index in [-0.39, 0.29) is 0 Å². The van der Waals surface area contributed by atoms with Gasteiger partial charge in [0.2, 0.25) is 0 Å². The number of hydrogen-bond donors (Lipinski definition) is 0. The van der Waals surface area contributed by atoms with Crippen molar-refractivity contribution in [2.45, 2.75) is 26.2 Å². The van der Waals surface area contributed by atoms with Crippen molar-refractivity contribution in [3.05, 3.63) is 120 Å². The lowest BCUT2D eigenvalue weighted by Crippen LogP contribution is -2.01. The molecule has 0 spiro atoms. The zero-order valence-corrected chi connectivity index (χ0v) is 16.6. The summed E-state index contributed by atoms with van der Waals surface area (Å²) in [4.78, 5) is 0. The van der Waals surface area contributed by atoms with Crippen LogP contribution in [-0.2, 0) is 6.42 Å². The summed E-state index contributed by atoms with van der Waals surface area (Å²) in [7, 11) is 0. The van der Waals surface area contributed by atoms with Gasteiger partial charge in [-0.15, -0.1) is 0 Å². The molecular weight excluding hydrogens is 336 g/mol. The molecule has 0 aromatic heterocycles. The molecule has 4 aromatic carbocycles. The molecule has 0 aliphatic rings. The van der Waals surface area contributed by atoms with Gasteiger partial charge in [-0.25, -0.2) is 0 Å². The van der Waals surface area contributed by atoms with Crippen molar-refractivity contribution >= 4 is 0 Å². The van der Waals surface area contributed by atoms with Gasteiger partial charge < -0.3 is 0 Å². The van der Waals surface area contributed by atoms with E-state index in [1.165, 1.54) is 38.9 Å². The highest BCUT2D eigenvalue weighted by Crippen LogP contribution is 2.37. The summed E-state index contributed by atoms with van der Waals surface area (Å²) in [6, 6.07) is 37.2. The highest BCUT2D eigenvalue weighted by atomic mass is 14.2. The smallest absolute Gasteiger partial charge is 0.00731 e. The predicted molar refractivity (Wildman–Crippen MR) is 121 cm³/mol. The minimum atomic E-state index is 0.469. The number of rotatable bonds is 5. The molecular formula is C28H26. The fraction of sp³-hybridized carbons (Fsp3) is 0.143. The zero-order chi connectivity index (χ0) is 19.3. The third-order valence-electron chi connectivity index (χ3n) is 5.47. The van der Waals surface area contributed by atoms with Gasteiger partial charge in [0.25, 0.3) is 0 Å². The third-order valence-corrected chi connectivity index (χ3v) is 5.47. The molecule has 4 rings (SSSR count). The molecule has 0 nitrogen and oxygen atoms in total. The van der Waals surface area contributed by atoms with Crippen molar-refractivity contribution in [2.24, 2.45) is 0 Å². The number of hydrogen-bond acceptors (Lipinski definition) is 0. The summed E-state index contributed by atoms with van der Waals surface area (Å²) in [6.45, 7) is 4.46. The second-order valence-electron chi connectivity index (χ2n) is 7.59. The fourth-order valence-electron chi connectivity index (χ4n) is 3.92. The molecule has 0 N–H and O–H groups in total. The SMILES string of the molecule is Cc1ccc(-c2cccc(CC(C)c3ccccc3)c2-c2ccccc2)cc1. The molecule has 0 heterocycles. The first-order valence-corrected chi connectivity index (χ1v) is 10.0. The summed E-state index contributed by atoms with van der Waals surface area (Å²) < 4.78 is 0. The van der Waals surface area contributed by atoms with E-state index >= 15 is 0 Å². The van der Waals surface area contributed by atoms with E-state index in [0.717, 1.165) is 6.42 Å². The molecule has 4 aromatic rings. The molecule has 1 unspecified atom stereocenters. The minimum Gasteiger partial charge on any atom is -0.0622 e. The standard InChI is InChI=1S/C28H26/c1-21-16-18-24(19-17-21)27-15-9-14-26(28(27)25-12-7-4-8-13-25)20-22(2)23-10-5-3-6-11-23/h3-19,22H,20H2,1-2H3. The Balaban J connectivity index is 1.82. The first-order chi connectivity index (χ1) is 13.7. The summed E-state index contributed by atoms with van der Waals surface area (Å²) >= 11 is 0. The van der Waals surface area contributed by atoms with Crippen molar-refractivity contribution < 1.29 is 0 Å². The summed E-state index contributed by atoms with van der Waals surface area (Å²) in [5, 5.41) is 0. The van der Waals surface area contributed by atoms with Crippen molar-refractivity contribution in [3.8, 4) is 22.3 Å². The molecule has 0 bridgehead atoms. The minimum absolute atomic E-state index is 0.469. The van der Waals surface area contributed by atoms with E-state index in [0.29, 0.717) is 5.92 Å². The Hall–Kier alpha value is -3.12. The third kappa shape index (κ3) is 3.92. The van der Waals surface area contributed by atoms with Crippen LogP contribution in [0.3, 0.4) is 0 Å². The summed E-state index contributed by atoms with van der Waals surface area (Å²) in [6.07, 6.45) is 1.02. The highest BCUT2D eigenvalue weighted by Gasteiger charge is 2.15. The summed E-state index contributed by atoms with van der Waals surface area (Å²) in [5.41, 5.74) is 9.31. The maximum atomic E-state index is 2.32. The Labute approximate surface area is 168 Å². The zero-order valence-electron chi connectivity index (χ0n) is 16.6. The molecule has 1 atom stereocenters. The molecule has 28 heavy (non-hydrogen) atoms. The van der Waals surface area contributed by atoms with Crippen LogP contribution in [0, 0.1) is 6.92 Å². The Morgan fingerprint density at radius 2 is 1.25 bits per heavy atom. The Morgan fingerprint density at radius 3 is 1.93 bits per heavy atom. The quantitative estimate of drug-likeness (QED) is 0.341. The van der Waals surface area contributed by atoms with Crippen LogP contribution in [0.15, 0.2) is 103 Å². The van der Waals surface area contributed by atoms with Gasteiger partial charge in [-0.05, 0) is 52.6 Å². The predicted octanol–water partition coefficient (Wildman–Crippen LogP) is 7.68. The molecule has 0 aliphatic heterocycles. The average molecular weight is 363 g/mol. The van der Waals surface area contributed by atoms with Gasteiger partial charge in [0, 0.05) is 0 Å². The average Bonchev–Trinajstić information content (AvgIpc) is 2.75. The maximum absolute atomic E-state index is 2.32. The highest BCUT2D eigenvalue weighted by molar-refractivity contribution is 5.85. The second kappa shape index (κ2) is 8.27. The van der Waals surface area contributed by atoms with Crippen LogP contribution in [0.1, 0.15) is 29.5 Å². The second-order valence-corrected chi connectivity index (χ2v) is 7.59. The first-order valence-electron chi connectivity index (χ1n) is 10.0. The van der Waals surface area contributed by atoms with Crippen LogP contribution in [0.5, 0.6) is 0 Å². The van der Waals surface area contributed by atoms with Crippen molar-refractivity contribution in [1.29, 1.82) is 0 Å². The molecule has 0 heteroatoms. The maximum Gasteiger partial charge on any atom is -0.00731 e. The lowest BCUT2D eigenvalue weighted by Gasteiger charge is -2.19. The first kappa shape index (κ1) is 18.3. The molecule has 0 aliphatic carbocycles. The molecule has 0 saturated heterocycles. The van der Waals surface area contributed by atoms with Crippen LogP contribution in [-0.4, -0.2) is 0 Å². The fourth-order valence-corrected chi connectivity index (χ4v) is 3.92. The van der Waals surface area contributed by atoms with Gasteiger partial charge in [0.05, 0.1) is 0 Å². The van der Waals surface area contributed by atoms with E-state index < -0.39 is 0 Å². The van der Waals surface area contributed by atoms with E-state index in [9.17, 15) is 0 Å². The van der Waals surface area contributed by atoms with Crippen LogP contribution >= 0.6 is 0 Å². The molecule has 138 valence electrons. The van der Waals surface area contributed by atoms with Crippen LogP contribution in [0.4, 0.5) is 0 Å². The van der Waals surface area contributed by atoms with Crippen LogP contribution in [0.2, 0.25) is 0 Å². The molecule has 0 amide bonds. The number of benzene rings is 4. The summed E-state index contributed by atoms with van der Waals surface area (Å²) in [5.74, 6) is 0.469. The Morgan fingerprint density at radius 1 is 0.607 bits per heavy atom. The van der Waals surface area contributed by atoms with Gasteiger partial charge in [-0.1, -0.05) is 116 Å². The van der Waals surface area contributed by atoms with Gasteiger partial charge in [0.15, 0.2) is 0 Å². The van der Waals surface area contributed by atoms with Crippen molar-refractivity contribution in [2.75, 3.05) is 0 Å². The van der Waals surface area contributed by atoms with Crippen LogP contribution in [0.25, 0.3) is 22.3 Å². The lowest BCUT2D eigenvalue weighted by atomic mass is 9.85. The van der Waals surface area contributed by atoms with E-state index in [2.05, 4.69) is 117 Å². The van der Waals surface area contributed by atoms with Gasteiger partial charge in [-0.3, -0.25) is 0 Å².